The highest BCUT2D eigenvalue weighted by molar-refractivity contribution is 7.86. The van der Waals surface area contributed by atoms with Crippen molar-refractivity contribution in [2.45, 2.75) is 25.3 Å². The van der Waals surface area contributed by atoms with Gasteiger partial charge in [-0.15, -0.1) is 0 Å². The number of rotatable bonds is 3. The number of aromatic nitrogens is 3. The maximum absolute atomic E-state index is 12.4. The van der Waals surface area contributed by atoms with Gasteiger partial charge in [-0.3, -0.25) is 0 Å². The summed E-state index contributed by atoms with van der Waals surface area (Å²) >= 11 is 0. The van der Waals surface area contributed by atoms with Gasteiger partial charge in [0.1, 0.15) is 0 Å². The molecule has 0 radical (unpaired) electrons. The molecule has 2 aliphatic rings. The first-order chi connectivity index (χ1) is 8.68. The van der Waals surface area contributed by atoms with Gasteiger partial charge in [-0.05, 0) is 19.3 Å². The van der Waals surface area contributed by atoms with Crippen molar-refractivity contribution in [1.82, 2.24) is 23.6 Å². The van der Waals surface area contributed by atoms with E-state index in [0.29, 0.717) is 26.2 Å². The Morgan fingerprint density at radius 3 is 2.33 bits per heavy atom. The molecule has 8 heteroatoms. The van der Waals surface area contributed by atoms with E-state index in [4.69, 9.17) is 0 Å². The fourth-order valence-electron chi connectivity index (χ4n) is 2.61. The lowest BCUT2D eigenvalue weighted by Gasteiger charge is -2.23. The molecule has 0 aromatic carbocycles. The van der Waals surface area contributed by atoms with Crippen molar-refractivity contribution >= 4 is 10.2 Å². The molecular formula is C10H17N5O2S. The topological polar surface area (TPSA) is 71.3 Å². The standard InChI is InChI=1S/C10H17N5O2S/c16-18(17,13-6-1-2-7-13)14-8-3-10(9-14)15-11-4-5-12-15/h4-5,10H,1-3,6-9H2/t10-/m0/s1. The molecule has 3 heterocycles. The Morgan fingerprint density at radius 1 is 1.00 bits per heavy atom. The molecule has 0 N–H and O–H groups in total. The van der Waals surface area contributed by atoms with Crippen molar-refractivity contribution in [2.75, 3.05) is 26.2 Å². The van der Waals surface area contributed by atoms with Crippen LogP contribution in [0.15, 0.2) is 12.4 Å². The van der Waals surface area contributed by atoms with E-state index in [1.54, 1.807) is 25.8 Å². The summed E-state index contributed by atoms with van der Waals surface area (Å²) in [4.78, 5) is 1.61. The Kier molecular flexibility index (Phi) is 3.08. The van der Waals surface area contributed by atoms with E-state index in [-0.39, 0.29) is 6.04 Å². The van der Waals surface area contributed by atoms with Crippen molar-refractivity contribution in [1.29, 1.82) is 0 Å². The molecule has 100 valence electrons. The van der Waals surface area contributed by atoms with Gasteiger partial charge in [0.05, 0.1) is 18.4 Å². The zero-order valence-electron chi connectivity index (χ0n) is 10.1. The van der Waals surface area contributed by atoms with Crippen LogP contribution in [0.1, 0.15) is 25.3 Å². The van der Waals surface area contributed by atoms with Crippen molar-refractivity contribution in [3.63, 3.8) is 0 Å². The normalized spacial score (nSPS) is 27.0. The lowest BCUT2D eigenvalue weighted by Crippen LogP contribution is -2.41. The largest absolute Gasteiger partial charge is 0.282 e. The van der Waals surface area contributed by atoms with Gasteiger partial charge in [-0.2, -0.15) is 32.0 Å². The quantitative estimate of drug-likeness (QED) is 0.767. The van der Waals surface area contributed by atoms with Crippen LogP contribution in [0.3, 0.4) is 0 Å². The summed E-state index contributed by atoms with van der Waals surface area (Å²) < 4.78 is 27.9. The van der Waals surface area contributed by atoms with E-state index in [9.17, 15) is 8.42 Å². The van der Waals surface area contributed by atoms with Crippen LogP contribution in [0.25, 0.3) is 0 Å². The van der Waals surface area contributed by atoms with E-state index in [0.717, 1.165) is 19.3 Å². The maximum Gasteiger partial charge on any atom is 0.282 e. The second-order valence-corrected chi connectivity index (χ2v) is 6.69. The minimum absolute atomic E-state index is 0.0670. The maximum atomic E-state index is 12.4. The average molecular weight is 271 g/mol. The van der Waals surface area contributed by atoms with Gasteiger partial charge in [0.2, 0.25) is 0 Å². The predicted octanol–water partition coefficient (Wildman–Crippen LogP) is -0.135. The first-order valence-corrected chi connectivity index (χ1v) is 7.68. The Labute approximate surface area is 107 Å². The number of hydrogen-bond acceptors (Lipinski definition) is 4. The molecule has 18 heavy (non-hydrogen) atoms. The van der Waals surface area contributed by atoms with Crippen LogP contribution in [0, 0.1) is 0 Å². The highest BCUT2D eigenvalue weighted by atomic mass is 32.2. The van der Waals surface area contributed by atoms with Crippen LogP contribution in [0.2, 0.25) is 0 Å². The van der Waals surface area contributed by atoms with Gasteiger partial charge in [0, 0.05) is 26.2 Å². The van der Waals surface area contributed by atoms with Crippen molar-refractivity contribution in [2.24, 2.45) is 0 Å². The SMILES string of the molecule is O=S(=O)(N1CCCC1)N1CC[C@H](n2nccn2)C1. The lowest BCUT2D eigenvalue weighted by molar-refractivity contribution is 0.372. The number of nitrogens with zero attached hydrogens (tertiary/aromatic N) is 5. The average Bonchev–Trinajstić information content (AvgIpc) is 3.12. The van der Waals surface area contributed by atoms with Crippen molar-refractivity contribution < 1.29 is 8.42 Å². The van der Waals surface area contributed by atoms with E-state index in [2.05, 4.69) is 10.2 Å². The molecule has 0 amide bonds. The van der Waals surface area contributed by atoms with Crippen LogP contribution in [-0.4, -0.2) is 58.2 Å². The van der Waals surface area contributed by atoms with E-state index in [1.165, 1.54) is 0 Å². The van der Waals surface area contributed by atoms with Crippen LogP contribution >= 0.6 is 0 Å². The molecule has 2 fully saturated rings. The van der Waals surface area contributed by atoms with Gasteiger partial charge in [-0.1, -0.05) is 0 Å². The van der Waals surface area contributed by atoms with E-state index in [1.807, 2.05) is 0 Å². The third kappa shape index (κ3) is 2.04. The fourth-order valence-corrected chi connectivity index (χ4v) is 4.35. The number of hydrogen-bond donors (Lipinski definition) is 0. The zero-order chi connectivity index (χ0) is 12.6. The Bertz CT molecular complexity index is 494. The molecule has 0 saturated carbocycles. The molecule has 1 atom stereocenters. The molecule has 3 rings (SSSR count). The third-order valence-corrected chi connectivity index (χ3v) is 5.61. The molecular weight excluding hydrogens is 254 g/mol. The summed E-state index contributed by atoms with van der Waals surface area (Å²) in [5, 5.41) is 8.17. The van der Waals surface area contributed by atoms with Crippen LogP contribution in [0.5, 0.6) is 0 Å². The third-order valence-electron chi connectivity index (χ3n) is 3.61. The minimum Gasteiger partial charge on any atom is -0.195 e. The van der Waals surface area contributed by atoms with Gasteiger partial charge in [0.25, 0.3) is 10.2 Å². The summed E-state index contributed by atoms with van der Waals surface area (Å²) in [5.74, 6) is 0. The molecule has 0 unspecified atom stereocenters. The molecule has 2 saturated heterocycles. The summed E-state index contributed by atoms with van der Waals surface area (Å²) in [5.41, 5.74) is 0. The Balaban J connectivity index is 1.71. The molecule has 0 spiro atoms. The Hall–Kier alpha value is -0.990. The van der Waals surface area contributed by atoms with Crippen LogP contribution in [-0.2, 0) is 10.2 Å². The van der Waals surface area contributed by atoms with E-state index >= 15 is 0 Å². The molecule has 1 aromatic rings. The second-order valence-electron chi connectivity index (χ2n) is 4.76. The van der Waals surface area contributed by atoms with Crippen molar-refractivity contribution in [3.05, 3.63) is 12.4 Å². The molecule has 0 bridgehead atoms. The molecule has 2 aliphatic heterocycles. The van der Waals surface area contributed by atoms with Gasteiger partial charge in [-0.25, -0.2) is 0 Å². The summed E-state index contributed by atoms with van der Waals surface area (Å²) in [6.07, 6.45) is 5.96. The van der Waals surface area contributed by atoms with Crippen molar-refractivity contribution in [3.8, 4) is 0 Å². The predicted molar refractivity (Wildman–Crippen MR) is 65.0 cm³/mol. The first kappa shape index (κ1) is 12.1. The molecule has 1 aromatic heterocycles. The summed E-state index contributed by atoms with van der Waals surface area (Å²) in [6, 6.07) is 0.0670. The van der Waals surface area contributed by atoms with Gasteiger partial charge < -0.3 is 0 Å². The van der Waals surface area contributed by atoms with Gasteiger partial charge in [0.15, 0.2) is 0 Å². The first-order valence-electron chi connectivity index (χ1n) is 6.29. The zero-order valence-corrected chi connectivity index (χ0v) is 11.0. The summed E-state index contributed by atoms with van der Waals surface area (Å²) in [6.45, 7) is 2.35. The highest BCUT2D eigenvalue weighted by Gasteiger charge is 2.37. The smallest absolute Gasteiger partial charge is 0.195 e. The highest BCUT2D eigenvalue weighted by Crippen LogP contribution is 2.25. The Morgan fingerprint density at radius 2 is 1.67 bits per heavy atom. The van der Waals surface area contributed by atoms with Crippen LogP contribution < -0.4 is 0 Å². The fraction of sp³-hybridized carbons (Fsp3) is 0.800. The minimum atomic E-state index is -3.26. The second kappa shape index (κ2) is 4.60. The summed E-state index contributed by atoms with van der Waals surface area (Å²) in [7, 11) is -3.26. The monoisotopic (exact) mass is 271 g/mol. The molecule has 7 nitrogen and oxygen atoms in total. The molecule has 0 aliphatic carbocycles. The van der Waals surface area contributed by atoms with E-state index < -0.39 is 10.2 Å². The van der Waals surface area contributed by atoms with Crippen LogP contribution in [0.4, 0.5) is 0 Å². The van der Waals surface area contributed by atoms with Gasteiger partial charge >= 0.3 is 0 Å². The lowest BCUT2D eigenvalue weighted by atomic mass is 10.3.